The summed E-state index contributed by atoms with van der Waals surface area (Å²) in [7, 11) is 0. The molecule has 0 fully saturated rings. The lowest BCUT2D eigenvalue weighted by molar-refractivity contribution is 0.0949. The minimum atomic E-state index is -0.372. The van der Waals surface area contributed by atoms with Crippen LogP contribution in [-0.2, 0) is 13.1 Å². The van der Waals surface area contributed by atoms with E-state index in [1.165, 1.54) is 13.6 Å². The van der Waals surface area contributed by atoms with E-state index >= 15 is 0 Å². The lowest BCUT2D eigenvalue weighted by Gasteiger charge is -2.11. The fraction of sp³-hybridized carbons (Fsp3) is 0.241. The molecule has 0 aliphatic carbocycles. The highest BCUT2D eigenvalue weighted by molar-refractivity contribution is 5.98. The number of fused-ring (bicyclic) bond motifs is 3. The maximum Gasteiger partial charge on any atom is 0.352 e. The second-order valence-electron chi connectivity index (χ2n) is 9.78. The molecule has 2 aromatic heterocycles. The Hall–Kier alpha value is -4.46. The SMILES string of the molecule is Cc1cccc(Cn2nc3n(Cc4ccccc4)c(=O)c4ccc(C(=O)NCC(C)C)cc4n3c2=O)c1. The predicted molar refractivity (Wildman–Crippen MR) is 144 cm³/mol. The molecule has 0 atom stereocenters. The van der Waals surface area contributed by atoms with Gasteiger partial charge in [-0.05, 0) is 42.2 Å². The Morgan fingerprint density at radius 2 is 1.68 bits per heavy atom. The molecule has 0 spiro atoms. The van der Waals surface area contributed by atoms with Crippen molar-refractivity contribution in [3.8, 4) is 0 Å². The van der Waals surface area contributed by atoms with Crippen LogP contribution in [0, 0.1) is 12.8 Å². The molecular weight excluding hydrogens is 466 g/mol. The van der Waals surface area contributed by atoms with Gasteiger partial charge in [0.25, 0.3) is 11.5 Å². The summed E-state index contributed by atoms with van der Waals surface area (Å²) in [4.78, 5) is 40.1. The van der Waals surface area contributed by atoms with Gasteiger partial charge in [-0.3, -0.25) is 14.2 Å². The molecule has 1 amide bonds. The van der Waals surface area contributed by atoms with Crippen molar-refractivity contribution < 1.29 is 4.79 Å². The molecule has 0 radical (unpaired) electrons. The summed E-state index contributed by atoms with van der Waals surface area (Å²) in [5.41, 5.74) is 3.03. The van der Waals surface area contributed by atoms with Gasteiger partial charge in [-0.15, -0.1) is 5.10 Å². The van der Waals surface area contributed by atoms with Crippen molar-refractivity contribution in [3.63, 3.8) is 0 Å². The quantitative estimate of drug-likeness (QED) is 0.374. The second kappa shape index (κ2) is 9.89. The number of carbonyl (C=O) groups is 1. The molecule has 1 N–H and O–H groups in total. The minimum absolute atomic E-state index is 0.235. The number of rotatable bonds is 7. The summed E-state index contributed by atoms with van der Waals surface area (Å²) in [6.45, 7) is 7.07. The number of hydrogen-bond acceptors (Lipinski definition) is 4. The van der Waals surface area contributed by atoms with Crippen LogP contribution in [0.2, 0.25) is 0 Å². The van der Waals surface area contributed by atoms with E-state index in [2.05, 4.69) is 10.4 Å². The van der Waals surface area contributed by atoms with Gasteiger partial charge in [-0.25, -0.2) is 13.9 Å². The number of carbonyl (C=O) groups excluding carboxylic acids is 1. The highest BCUT2D eigenvalue weighted by Crippen LogP contribution is 2.16. The molecule has 0 bridgehead atoms. The molecule has 0 saturated carbocycles. The summed E-state index contributed by atoms with van der Waals surface area (Å²) >= 11 is 0. The molecule has 37 heavy (non-hydrogen) atoms. The van der Waals surface area contributed by atoms with Crippen LogP contribution < -0.4 is 16.6 Å². The third-order valence-corrected chi connectivity index (χ3v) is 6.31. The van der Waals surface area contributed by atoms with E-state index in [1.54, 1.807) is 18.2 Å². The number of benzene rings is 3. The highest BCUT2D eigenvalue weighted by atomic mass is 16.2. The Bertz CT molecular complexity index is 1730. The predicted octanol–water partition coefficient (Wildman–Crippen LogP) is 3.60. The van der Waals surface area contributed by atoms with Gasteiger partial charge in [0, 0.05) is 12.1 Å². The fourth-order valence-electron chi connectivity index (χ4n) is 4.45. The van der Waals surface area contributed by atoms with Crippen molar-refractivity contribution in [2.45, 2.75) is 33.9 Å². The summed E-state index contributed by atoms with van der Waals surface area (Å²) in [6.07, 6.45) is 0. The molecule has 5 rings (SSSR count). The number of amides is 1. The molecule has 0 saturated heterocycles. The van der Waals surface area contributed by atoms with Gasteiger partial charge in [-0.1, -0.05) is 74.0 Å². The Morgan fingerprint density at radius 1 is 0.919 bits per heavy atom. The largest absolute Gasteiger partial charge is 0.352 e. The fourth-order valence-corrected chi connectivity index (χ4v) is 4.45. The van der Waals surface area contributed by atoms with E-state index in [0.717, 1.165) is 16.7 Å². The lowest BCUT2D eigenvalue weighted by Crippen LogP contribution is -2.29. The van der Waals surface area contributed by atoms with Crippen LogP contribution in [0.25, 0.3) is 16.7 Å². The Balaban J connectivity index is 1.72. The molecule has 2 heterocycles. The van der Waals surface area contributed by atoms with Crippen LogP contribution in [0.15, 0.2) is 82.4 Å². The molecule has 188 valence electrons. The molecule has 0 aliphatic heterocycles. The molecule has 5 aromatic rings. The number of nitrogens with one attached hydrogen (secondary N) is 1. The van der Waals surface area contributed by atoms with Crippen LogP contribution in [0.3, 0.4) is 0 Å². The Morgan fingerprint density at radius 3 is 2.41 bits per heavy atom. The van der Waals surface area contributed by atoms with Crippen molar-refractivity contribution in [1.29, 1.82) is 0 Å². The maximum atomic E-state index is 13.7. The van der Waals surface area contributed by atoms with Crippen LogP contribution in [0.4, 0.5) is 0 Å². The van der Waals surface area contributed by atoms with Crippen LogP contribution in [0.1, 0.15) is 40.9 Å². The van der Waals surface area contributed by atoms with Gasteiger partial charge in [-0.2, -0.15) is 0 Å². The number of hydrogen-bond donors (Lipinski definition) is 1. The van der Waals surface area contributed by atoms with Crippen LogP contribution >= 0.6 is 0 Å². The first-order valence-electron chi connectivity index (χ1n) is 12.4. The summed E-state index contributed by atoms with van der Waals surface area (Å²) in [5, 5.41) is 7.85. The highest BCUT2D eigenvalue weighted by Gasteiger charge is 2.19. The van der Waals surface area contributed by atoms with E-state index < -0.39 is 0 Å². The lowest BCUT2D eigenvalue weighted by atomic mass is 10.1. The monoisotopic (exact) mass is 495 g/mol. The molecule has 0 aliphatic rings. The zero-order valence-corrected chi connectivity index (χ0v) is 21.1. The van der Waals surface area contributed by atoms with E-state index in [9.17, 15) is 14.4 Å². The summed E-state index contributed by atoms with van der Waals surface area (Å²) in [6, 6.07) is 22.3. The Kier molecular flexibility index (Phi) is 6.48. The number of aromatic nitrogens is 4. The number of nitrogens with zero attached hydrogens (tertiary/aromatic N) is 4. The van der Waals surface area contributed by atoms with Crippen LogP contribution in [0.5, 0.6) is 0 Å². The van der Waals surface area contributed by atoms with E-state index in [1.807, 2.05) is 75.4 Å². The standard InChI is InChI=1S/C29H29N5O3/c1-19(2)16-30-26(35)23-12-13-24-25(15-23)34-28(32(27(24)36)17-21-9-5-4-6-10-21)31-33(29(34)37)18-22-11-7-8-20(3)14-22/h4-15,19H,16-18H2,1-3H3,(H,30,35). The van der Waals surface area contributed by atoms with Crippen molar-refractivity contribution in [1.82, 2.24) is 24.1 Å². The summed E-state index contributed by atoms with van der Waals surface area (Å²) in [5.74, 6) is 0.278. The third-order valence-electron chi connectivity index (χ3n) is 6.31. The van der Waals surface area contributed by atoms with Gasteiger partial charge in [0.05, 0.1) is 24.0 Å². The Labute approximate surface area is 213 Å². The van der Waals surface area contributed by atoms with E-state index in [0.29, 0.717) is 28.9 Å². The van der Waals surface area contributed by atoms with Gasteiger partial charge in [0.15, 0.2) is 0 Å². The van der Waals surface area contributed by atoms with E-state index in [-0.39, 0.29) is 36.0 Å². The zero-order valence-electron chi connectivity index (χ0n) is 21.1. The van der Waals surface area contributed by atoms with Crippen molar-refractivity contribution in [2.75, 3.05) is 6.54 Å². The smallest absolute Gasteiger partial charge is 0.352 e. The first-order chi connectivity index (χ1) is 17.8. The van der Waals surface area contributed by atoms with Gasteiger partial charge in [0.2, 0.25) is 5.78 Å². The van der Waals surface area contributed by atoms with E-state index in [4.69, 9.17) is 0 Å². The molecular formula is C29H29N5O3. The average Bonchev–Trinajstić information content (AvgIpc) is 3.21. The minimum Gasteiger partial charge on any atom is -0.352 e. The van der Waals surface area contributed by atoms with Crippen LogP contribution in [-0.4, -0.2) is 31.2 Å². The molecule has 0 unspecified atom stereocenters. The normalized spacial score (nSPS) is 11.5. The van der Waals surface area contributed by atoms with Gasteiger partial charge in [0.1, 0.15) is 0 Å². The molecule has 8 heteroatoms. The topological polar surface area (TPSA) is 90.4 Å². The van der Waals surface area contributed by atoms with Crippen molar-refractivity contribution in [2.24, 2.45) is 5.92 Å². The molecule has 3 aromatic carbocycles. The first kappa shape index (κ1) is 24.2. The van der Waals surface area contributed by atoms with Crippen molar-refractivity contribution >= 4 is 22.6 Å². The van der Waals surface area contributed by atoms with Gasteiger partial charge < -0.3 is 5.32 Å². The second-order valence-corrected chi connectivity index (χ2v) is 9.78. The summed E-state index contributed by atoms with van der Waals surface area (Å²) < 4.78 is 4.33. The van der Waals surface area contributed by atoms with Crippen molar-refractivity contribution in [3.05, 3.63) is 116 Å². The van der Waals surface area contributed by atoms with Gasteiger partial charge >= 0.3 is 5.69 Å². The maximum absolute atomic E-state index is 13.7. The zero-order chi connectivity index (χ0) is 26.1. The number of aryl methyl sites for hydroxylation is 1. The third kappa shape index (κ3) is 4.82. The molecule has 8 nitrogen and oxygen atoms in total. The average molecular weight is 496 g/mol. The first-order valence-corrected chi connectivity index (χ1v) is 12.4.